The highest BCUT2D eigenvalue weighted by atomic mass is 35.5. The standard InChI is InChI=1S/C13H12ClFN2O/c1-18-12-7-8(5-6-9(12)14)17-11-4-2-3-10(15)13(11)16/h2-7,17H,16H2,1H3. The van der Waals surface area contributed by atoms with Gasteiger partial charge in [-0.05, 0) is 24.3 Å². The van der Waals surface area contributed by atoms with Crippen LogP contribution in [-0.4, -0.2) is 7.11 Å². The Hall–Kier alpha value is -1.94. The first-order valence-electron chi connectivity index (χ1n) is 5.26. The Balaban J connectivity index is 2.31. The van der Waals surface area contributed by atoms with Crippen LogP contribution in [0.15, 0.2) is 36.4 Å². The van der Waals surface area contributed by atoms with Gasteiger partial charge in [0.25, 0.3) is 0 Å². The molecular weight excluding hydrogens is 255 g/mol. The van der Waals surface area contributed by atoms with Crippen molar-refractivity contribution in [2.24, 2.45) is 0 Å². The highest BCUT2D eigenvalue weighted by Crippen LogP contribution is 2.31. The Morgan fingerprint density at radius 3 is 2.78 bits per heavy atom. The molecule has 0 saturated heterocycles. The van der Waals surface area contributed by atoms with Gasteiger partial charge in [0.2, 0.25) is 0 Å². The van der Waals surface area contributed by atoms with E-state index in [2.05, 4.69) is 5.32 Å². The zero-order valence-corrected chi connectivity index (χ0v) is 10.5. The van der Waals surface area contributed by atoms with Crippen molar-refractivity contribution in [1.29, 1.82) is 0 Å². The second-order valence-corrected chi connectivity index (χ2v) is 4.08. The number of benzene rings is 2. The maximum Gasteiger partial charge on any atom is 0.148 e. The number of para-hydroxylation sites is 1. The molecule has 0 aromatic heterocycles. The highest BCUT2D eigenvalue weighted by Gasteiger charge is 2.06. The van der Waals surface area contributed by atoms with E-state index >= 15 is 0 Å². The van der Waals surface area contributed by atoms with Gasteiger partial charge in [-0.25, -0.2) is 4.39 Å². The third kappa shape index (κ3) is 2.49. The van der Waals surface area contributed by atoms with Crippen LogP contribution in [0.25, 0.3) is 0 Å². The highest BCUT2D eigenvalue weighted by molar-refractivity contribution is 6.32. The van der Waals surface area contributed by atoms with Crippen molar-refractivity contribution in [3.05, 3.63) is 47.2 Å². The fourth-order valence-corrected chi connectivity index (χ4v) is 1.73. The zero-order chi connectivity index (χ0) is 13.1. The molecular formula is C13H12ClFN2O. The minimum atomic E-state index is -0.457. The van der Waals surface area contributed by atoms with E-state index in [1.54, 1.807) is 30.3 Å². The topological polar surface area (TPSA) is 47.3 Å². The molecule has 5 heteroatoms. The summed E-state index contributed by atoms with van der Waals surface area (Å²) in [6.07, 6.45) is 0. The number of anilines is 3. The molecule has 0 fully saturated rings. The summed E-state index contributed by atoms with van der Waals surface area (Å²) in [6, 6.07) is 9.75. The quantitative estimate of drug-likeness (QED) is 0.831. The molecule has 0 unspecified atom stereocenters. The zero-order valence-electron chi connectivity index (χ0n) is 9.71. The van der Waals surface area contributed by atoms with Crippen molar-refractivity contribution in [2.45, 2.75) is 0 Å². The van der Waals surface area contributed by atoms with Gasteiger partial charge in [-0.2, -0.15) is 0 Å². The van der Waals surface area contributed by atoms with Gasteiger partial charge < -0.3 is 15.8 Å². The number of methoxy groups -OCH3 is 1. The van der Waals surface area contributed by atoms with Crippen LogP contribution in [0.5, 0.6) is 5.75 Å². The molecule has 94 valence electrons. The molecule has 0 amide bonds. The summed E-state index contributed by atoms with van der Waals surface area (Å²) in [7, 11) is 1.53. The largest absolute Gasteiger partial charge is 0.495 e. The lowest BCUT2D eigenvalue weighted by molar-refractivity contribution is 0.415. The number of ether oxygens (including phenoxy) is 1. The van der Waals surface area contributed by atoms with Gasteiger partial charge in [0, 0.05) is 11.8 Å². The van der Waals surface area contributed by atoms with Crippen molar-refractivity contribution in [2.75, 3.05) is 18.2 Å². The van der Waals surface area contributed by atoms with Crippen LogP contribution in [0.3, 0.4) is 0 Å². The number of hydrogen-bond donors (Lipinski definition) is 2. The molecule has 0 aliphatic heterocycles. The number of rotatable bonds is 3. The Morgan fingerprint density at radius 1 is 1.28 bits per heavy atom. The molecule has 0 spiro atoms. The van der Waals surface area contributed by atoms with E-state index in [9.17, 15) is 4.39 Å². The van der Waals surface area contributed by atoms with Crippen molar-refractivity contribution in [3.8, 4) is 5.75 Å². The molecule has 0 saturated carbocycles. The summed E-state index contributed by atoms with van der Waals surface area (Å²) in [6.45, 7) is 0. The maximum absolute atomic E-state index is 13.3. The van der Waals surface area contributed by atoms with Gasteiger partial charge in [0.15, 0.2) is 0 Å². The average Bonchev–Trinajstić information content (AvgIpc) is 2.37. The van der Waals surface area contributed by atoms with Crippen LogP contribution in [0.4, 0.5) is 21.5 Å². The van der Waals surface area contributed by atoms with Crippen LogP contribution < -0.4 is 15.8 Å². The lowest BCUT2D eigenvalue weighted by Gasteiger charge is -2.11. The lowest BCUT2D eigenvalue weighted by Crippen LogP contribution is -1.99. The van der Waals surface area contributed by atoms with Crippen molar-refractivity contribution >= 4 is 28.7 Å². The molecule has 0 aliphatic carbocycles. The van der Waals surface area contributed by atoms with E-state index in [0.717, 1.165) is 0 Å². The van der Waals surface area contributed by atoms with Gasteiger partial charge in [-0.1, -0.05) is 17.7 Å². The minimum Gasteiger partial charge on any atom is -0.495 e. The summed E-state index contributed by atoms with van der Waals surface area (Å²) in [5.74, 6) is 0.0811. The lowest BCUT2D eigenvalue weighted by atomic mass is 10.2. The molecule has 2 rings (SSSR count). The fourth-order valence-electron chi connectivity index (χ4n) is 1.54. The molecule has 3 nitrogen and oxygen atoms in total. The molecule has 2 aromatic rings. The summed E-state index contributed by atoms with van der Waals surface area (Å²) < 4.78 is 18.4. The second-order valence-electron chi connectivity index (χ2n) is 3.68. The van der Waals surface area contributed by atoms with E-state index in [-0.39, 0.29) is 5.69 Å². The molecule has 0 bridgehead atoms. The monoisotopic (exact) mass is 266 g/mol. The summed E-state index contributed by atoms with van der Waals surface area (Å²) >= 11 is 5.92. The normalized spacial score (nSPS) is 10.2. The molecule has 0 heterocycles. The third-order valence-electron chi connectivity index (χ3n) is 2.48. The van der Waals surface area contributed by atoms with Crippen LogP contribution in [-0.2, 0) is 0 Å². The van der Waals surface area contributed by atoms with E-state index in [4.69, 9.17) is 22.1 Å². The Kier molecular flexibility index (Phi) is 3.58. The number of nitrogens with two attached hydrogens (primary N) is 1. The van der Waals surface area contributed by atoms with Gasteiger partial charge >= 0.3 is 0 Å². The van der Waals surface area contributed by atoms with E-state index in [1.165, 1.54) is 13.2 Å². The molecule has 2 aromatic carbocycles. The first kappa shape index (κ1) is 12.5. The molecule has 0 atom stereocenters. The van der Waals surface area contributed by atoms with E-state index in [0.29, 0.717) is 22.1 Å². The first-order valence-corrected chi connectivity index (χ1v) is 5.64. The maximum atomic E-state index is 13.3. The van der Waals surface area contributed by atoms with Gasteiger partial charge in [-0.15, -0.1) is 0 Å². The van der Waals surface area contributed by atoms with E-state index < -0.39 is 5.82 Å². The van der Waals surface area contributed by atoms with Gasteiger partial charge in [0.05, 0.1) is 23.5 Å². The van der Waals surface area contributed by atoms with E-state index in [1.807, 2.05) is 0 Å². The van der Waals surface area contributed by atoms with Crippen molar-refractivity contribution in [3.63, 3.8) is 0 Å². The first-order chi connectivity index (χ1) is 8.61. The smallest absolute Gasteiger partial charge is 0.148 e. The fraction of sp³-hybridized carbons (Fsp3) is 0.0769. The summed E-state index contributed by atoms with van der Waals surface area (Å²) in [4.78, 5) is 0. The number of halogens is 2. The van der Waals surface area contributed by atoms with Crippen LogP contribution in [0.1, 0.15) is 0 Å². The van der Waals surface area contributed by atoms with Crippen LogP contribution >= 0.6 is 11.6 Å². The molecule has 0 aliphatic rings. The van der Waals surface area contributed by atoms with Gasteiger partial charge in [0.1, 0.15) is 11.6 Å². The molecule has 18 heavy (non-hydrogen) atoms. The predicted molar refractivity (Wildman–Crippen MR) is 72.1 cm³/mol. The minimum absolute atomic E-state index is 0.0754. The Labute approximate surface area is 109 Å². The van der Waals surface area contributed by atoms with Crippen molar-refractivity contribution in [1.82, 2.24) is 0 Å². The predicted octanol–water partition coefficient (Wildman–Crippen LogP) is 3.81. The SMILES string of the molecule is COc1cc(Nc2cccc(F)c2N)ccc1Cl. The Bertz CT molecular complexity index is 575. The molecule has 0 radical (unpaired) electrons. The molecule has 3 N–H and O–H groups in total. The average molecular weight is 267 g/mol. The number of nitrogen functional groups attached to an aromatic ring is 1. The van der Waals surface area contributed by atoms with Gasteiger partial charge in [-0.3, -0.25) is 0 Å². The number of nitrogens with one attached hydrogen (secondary N) is 1. The van der Waals surface area contributed by atoms with Crippen LogP contribution in [0, 0.1) is 5.82 Å². The second kappa shape index (κ2) is 5.14. The van der Waals surface area contributed by atoms with Crippen molar-refractivity contribution < 1.29 is 9.13 Å². The van der Waals surface area contributed by atoms with Crippen LogP contribution in [0.2, 0.25) is 5.02 Å². The number of hydrogen-bond acceptors (Lipinski definition) is 3. The Morgan fingerprint density at radius 2 is 2.06 bits per heavy atom. The summed E-state index contributed by atoms with van der Waals surface area (Å²) in [5, 5.41) is 3.52. The summed E-state index contributed by atoms with van der Waals surface area (Å²) in [5.41, 5.74) is 6.93. The third-order valence-corrected chi connectivity index (χ3v) is 2.80.